The Morgan fingerprint density at radius 1 is 1.13 bits per heavy atom. The fourth-order valence-corrected chi connectivity index (χ4v) is 4.89. The van der Waals surface area contributed by atoms with E-state index in [1.807, 2.05) is 0 Å². The molecule has 2 aromatic rings. The highest BCUT2D eigenvalue weighted by Crippen LogP contribution is 2.44. The third kappa shape index (κ3) is 7.36. The molecular formula is C26H33F6N3O4. The molecule has 7 nitrogen and oxygen atoms in total. The molecule has 2 unspecified atom stereocenters. The van der Waals surface area contributed by atoms with Crippen LogP contribution >= 0.6 is 0 Å². The number of benzene rings is 1. The number of oxazole rings is 1. The third-order valence-corrected chi connectivity index (χ3v) is 7.05. The lowest BCUT2D eigenvalue weighted by Gasteiger charge is -2.33. The summed E-state index contributed by atoms with van der Waals surface area (Å²) in [7, 11) is 0. The number of nitrogens with zero attached hydrogens (tertiary/aromatic N) is 1. The molecule has 1 aromatic carbocycles. The summed E-state index contributed by atoms with van der Waals surface area (Å²) < 4.78 is 92.9. The highest BCUT2D eigenvalue weighted by atomic mass is 19.4. The minimum atomic E-state index is -4.82. The number of rotatable bonds is 8. The predicted octanol–water partition coefficient (Wildman–Crippen LogP) is 6.32. The van der Waals surface area contributed by atoms with E-state index < -0.39 is 60.3 Å². The van der Waals surface area contributed by atoms with E-state index in [1.165, 1.54) is 12.1 Å². The number of aliphatic hydroxyl groups is 1. The molecular weight excluding hydrogens is 532 g/mol. The van der Waals surface area contributed by atoms with Crippen LogP contribution in [-0.2, 0) is 4.74 Å². The lowest BCUT2D eigenvalue weighted by atomic mass is 9.82. The Labute approximate surface area is 221 Å². The largest absolute Gasteiger partial charge is 0.444 e. The van der Waals surface area contributed by atoms with Gasteiger partial charge in [-0.2, -0.15) is 13.2 Å². The van der Waals surface area contributed by atoms with Crippen molar-refractivity contribution >= 4 is 17.2 Å². The summed E-state index contributed by atoms with van der Waals surface area (Å²) in [6, 6.07) is 1.06. The summed E-state index contributed by atoms with van der Waals surface area (Å²) in [5.41, 5.74) is -0.911. The van der Waals surface area contributed by atoms with E-state index >= 15 is 4.39 Å². The lowest BCUT2D eigenvalue weighted by Crippen LogP contribution is -2.40. The maximum absolute atomic E-state index is 15.7. The van der Waals surface area contributed by atoms with Crippen molar-refractivity contribution in [2.24, 2.45) is 11.8 Å². The van der Waals surface area contributed by atoms with E-state index in [0.717, 1.165) is 0 Å². The molecule has 0 aliphatic heterocycles. The number of fused-ring (bicyclic) bond motifs is 1. The molecule has 1 aromatic heterocycles. The minimum Gasteiger partial charge on any atom is -0.444 e. The first-order valence-corrected chi connectivity index (χ1v) is 13.0. The molecule has 0 bridgehead atoms. The molecule has 0 saturated heterocycles. The van der Waals surface area contributed by atoms with Crippen LogP contribution < -0.4 is 10.6 Å². The van der Waals surface area contributed by atoms with E-state index in [9.17, 15) is 31.9 Å². The Kier molecular flexibility index (Phi) is 8.15. The molecule has 13 heteroatoms. The number of ether oxygens (including phenoxy) is 1. The molecule has 0 spiro atoms. The molecule has 39 heavy (non-hydrogen) atoms. The number of halogens is 6. The highest BCUT2D eigenvalue weighted by molar-refractivity contribution is 5.75. The molecule has 4 rings (SSSR count). The maximum atomic E-state index is 15.7. The van der Waals surface area contributed by atoms with Crippen LogP contribution in [-0.4, -0.2) is 46.5 Å². The summed E-state index contributed by atoms with van der Waals surface area (Å²) in [6.07, 6.45) is -7.52. The zero-order chi connectivity index (χ0) is 28.8. The fourth-order valence-electron chi connectivity index (χ4n) is 4.89. The number of amides is 1. The van der Waals surface area contributed by atoms with Crippen LogP contribution in [0.15, 0.2) is 16.5 Å². The topological polar surface area (TPSA) is 96.6 Å². The number of aliphatic hydroxyl groups excluding tert-OH is 1. The van der Waals surface area contributed by atoms with Crippen LogP contribution in [0, 0.1) is 17.7 Å². The Balaban J connectivity index is 1.62. The van der Waals surface area contributed by atoms with Crippen molar-refractivity contribution in [3.05, 3.63) is 29.4 Å². The van der Waals surface area contributed by atoms with Gasteiger partial charge in [-0.3, -0.25) is 0 Å². The van der Waals surface area contributed by atoms with Gasteiger partial charge in [0.25, 0.3) is 0 Å². The Morgan fingerprint density at radius 2 is 1.74 bits per heavy atom. The van der Waals surface area contributed by atoms with Crippen LogP contribution in [0.4, 0.5) is 31.1 Å². The predicted molar refractivity (Wildman–Crippen MR) is 129 cm³/mol. The molecule has 1 amide bonds. The molecule has 3 atom stereocenters. The average molecular weight is 566 g/mol. The first kappa shape index (κ1) is 29.4. The number of nitrogens with one attached hydrogen (secondary N) is 2. The van der Waals surface area contributed by atoms with Gasteiger partial charge in [0, 0.05) is 31.0 Å². The standard InChI is InChI=1S/C26H33F6N3O4/c1-24(2,3)39-23(37)35-20(14-8-10-25(28,29)11-9-14)22-34-21-16(38-22)7-6-15(18(21)27)19(13-4-5-13)33-12-17(36)26(30,31)32/h6-7,13-14,17,19-20,33,36H,4-5,8-12H2,1-3H3,(H,35,37)/t17?,19?,20-/m0/s1. The van der Waals surface area contributed by atoms with Crippen molar-refractivity contribution in [3.63, 3.8) is 0 Å². The van der Waals surface area contributed by atoms with Crippen molar-refractivity contribution < 1.29 is 45.4 Å². The summed E-state index contributed by atoms with van der Waals surface area (Å²) in [6.45, 7) is 4.19. The molecule has 218 valence electrons. The van der Waals surface area contributed by atoms with E-state index in [2.05, 4.69) is 15.6 Å². The molecule has 2 saturated carbocycles. The van der Waals surface area contributed by atoms with E-state index in [-0.39, 0.29) is 54.2 Å². The average Bonchev–Trinajstić information content (AvgIpc) is 3.55. The number of aromatic nitrogens is 1. The van der Waals surface area contributed by atoms with Crippen molar-refractivity contribution in [1.29, 1.82) is 0 Å². The molecule has 2 fully saturated rings. The zero-order valence-electron chi connectivity index (χ0n) is 21.9. The molecule has 2 aliphatic rings. The van der Waals surface area contributed by atoms with Gasteiger partial charge in [-0.05, 0) is 64.4 Å². The second kappa shape index (κ2) is 10.8. The second-order valence-electron chi connectivity index (χ2n) is 11.5. The summed E-state index contributed by atoms with van der Waals surface area (Å²) in [5, 5.41) is 14.7. The molecule has 0 radical (unpaired) electrons. The molecule has 3 N–H and O–H groups in total. The number of alkyl carbamates (subject to hydrolysis) is 1. The fraction of sp³-hybridized carbons (Fsp3) is 0.692. The van der Waals surface area contributed by atoms with Gasteiger partial charge in [0.15, 0.2) is 17.5 Å². The smallest absolute Gasteiger partial charge is 0.415 e. The van der Waals surface area contributed by atoms with Gasteiger partial charge < -0.3 is 24.9 Å². The van der Waals surface area contributed by atoms with Gasteiger partial charge in [-0.1, -0.05) is 6.07 Å². The molecule has 2 aliphatic carbocycles. The van der Waals surface area contributed by atoms with Crippen molar-refractivity contribution in [1.82, 2.24) is 15.6 Å². The van der Waals surface area contributed by atoms with Gasteiger partial charge in [0.05, 0.1) is 0 Å². The Bertz CT molecular complexity index is 1160. The first-order valence-electron chi connectivity index (χ1n) is 13.0. The van der Waals surface area contributed by atoms with Crippen molar-refractivity contribution in [2.45, 2.75) is 95.2 Å². The summed E-state index contributed by atoms with van der Waals surface area (Å²) in [4.78, 5) is 16.9. The quantitative estimate of drug-likeness (QED) is 0.324. The van der Waals surface area contributed by atoms with Gasteiger partial charge in [-0.15, -0.1) is 0 Å². The second-order valence-corrected chi connectivity index (χ2v) is 11.5. The van der Waals surface area contributed by atoms with Crippen LogP contribution in [0.5, 0.6) is 0 Å². The van der Waals surface area contributed by atoms with Crippen LogP contribution in [0.3, 0.4) is 0 Å². The molecule has 1 heterocycles. The number of carbonyl (C=O) groups excluding carboxylic acids is 1. The highest BCUT2D eigenvalue weighted by Gasteiger charge is 2.42. The van der Waals surface area contributed by atoms with Gasteiger partial charge in [-0.25, -0.2) is 22.9 Å². The zero-order valence-corrected chi connectivity index (χ0v) is 21.9. The van der Waals surface area contributed by atoms with Crippen LogP contribution in [0.1, 0.15) is 82.8 Å². The van der Waals surface area contributed by atoms with E-state index in [4.69, 9.17) is 9.15 Å². The van der Waals surface area contributed by atoms with Crippen LogP contribution in [0.2, 0.25) is 0 Å². The number of alkyl halides is 5. The van der Waals surface area contributed by atoms with Crippen LogP contribution in [0.25, 0.3) is 11.1 Å². The third-order valence-electron chi connectivity index (χ3n) is 7.05. The number of hydrogen-bond donors (Lipinski definition) is 3. The van der Waals surface area contributed by atoms with Crippen molar-refractivity contribution in [2.75, 3.05) is 6.54 Å². The Morgan fingerprint density at radius 3 is 2.31 bits per heavy atom. The maximum Gasteiger partial charge on any atom is 0.415 e. The number of carbonyl (C=O) groups is 1. The Hall–Kier alpha value is -2.54. The van der Waals surface area contributed by atoms with Gasteiger partial charge in [0.1, 0.15) is 17.2 Å². The summed E-state index contributed by atoms with van der Waals surface area (Å²) in [5.74, 6) is -4.29. The first-order chi connectivity index (χ1) is 18.0. The number of hydrogen-bond acceptors (Lipinski definition) is 6. The SMILES string of the molecule is CC(C)(C)OC(=O)N[C@H](c1nc2c(F)c(C(NCC(O)C(F)(F)F)C3CC3)ccc2o1)C1CCC(F)(F)CC1. The van der Waals surface area contributed by atoms with E-state index in [1.54, 1.807) is 20.8 Å². The minimum absolute atomic E-state index is 0.0354. The van der Waals surface area contributed by atoms with Gasteiger partial charge >= 0.3 is 12.3 Å². The summed E-state index contributed by atoms with van der Waals surface area (Å²) >= 11 is 0. The van der Waals surface area contributed by atoms with Crippen molar-refractivity contribution in [3.8, 4) is 0 Å². The van der Waals surface area contributed by atoms with E-state index in [0.29, 0.717) is 12.8 Å². The lowest BCUT2D eigenvalue weighted by molar-refractivity contribution is -0.202. The monoisotopic (exact) mass is 565 g/mol. The van der Waals surface area contributed by atoms with Gasteiger partial charge in [0.2, 0.25) is 11.8 Å². The normalized spacial score (nSPS) is 21.0.